The summed E-state index contributed by atoms with van der Waals surface area (Å²) in [5, 5.41) is 0.773. The van der Waals surface area contributed by atoms with Crippen LogP contribution in [-0.4, -0.2) is 6.61 Å². The van der Waals surface area contributed by atoms with E-state index in [0.717, 1.165) is 39.8 Å². The molecule has 4 rings (SSSR count). The van der Waals surface area contributed by atoms with Crippen molar-refractivity contribution in [3.8, 4) is 5.75 Å². The highest BCUT2D eigenvalue weighted by molar-refractivity contribution is 9.10. The third-order valence-corrected chi connectivity index (χ3v) is 5.94. The molecular weight excluding hydrogens is 360 g/mol. The highest BCUT2D eigenvalue weighted by Crippen LogP contribution is 2.45. The van der Waals surface area contributed by atoms with Gasteiger partial charge in [0.05, 0.1) is 11.6 Å². The van der Waals surface area contributed by atoms with Crippen molar-refractivity contribution in [2.45, 2.75) is 38.0 Å². The summed E-state index contributed by atoms with van der Waals surface area (Å²) in [6, 6.07) is 11.2. The molecule has 1 aliphatic carbocycles. The number of rotatable bonds is 3. The van der Waals surface area contributed by atoms with Crippen LogP contribution in [0.15, 0.2) is 34.8 Å². The van der Waals surface area contributed by atoms with Crippen LogP contribution in [0.5, 0.6) is 5.75 Å². The zero-order chi connectivity index (χ0) is 15.3. The van der Waals surface area contributed by atoms with Crippen LogP contribution in [0.4, 0.5) is 0 Å². The lowest BCUT2D eigenvalue weighted by molar-refractivity contribution is 0.356. The van der Waals surface area contributed by atoms with Gasteiger partial charge in [0.2, 0.25) is 0 Å². The van der Waals surface area contributed by atoms with Gasteiger partial charge in [0.25, 0.3) is 0 Å². The number of benzene rings is 2. The Morgan fingerprint density at radius 2 is 1.95 bits per heavy atom. The first-order valence-corrected chi connectivity index (χ1v) is 9.05. The Morgan fingerprint density at radius 3 is 2.64 bits per heavy atom. The maximum absolute atomic E-state index is 6.62. The Labute approximate surface area is 144 Å². The third kappa shape index (κ3) is 2.47. The van der Waals surface area contributed by atoms with Crippen LogP contribution in [-0.2, 0) is 6.42 Å². The summed E-state index contributed by atoms with van der Waals surface area (Å²) in [4.78, 5) is 0. The molecule has 1 saturated carbocycles. The van der Waals surface area contributed by atoms with Crippen molar-refractivity contribution in [1.82, 2.24) is 0 Å². The van der Waals surface area contributed by atoms with Crippen molar-refractivity contribution < 1.29 is 4.74 Å². The second kappa shape index (κ2) is 5.58. The number of ether oxygens (including phenoxy) is 1. The van der Waals surface area contributed by atoms with Gasteiger partial charge in [0.15, 0.2) is 0 Å². The summed E-state index contributed by atoms with van der Waals surface area (Å²) >= 11 is 10.3. The monoisotopic (exact) mass is 376 g/mol. The van der Waals surface area contributed by atoms with E-state index in [4.69, 9.17) is 16.3 Å². The molecule has 1 aliphatic heterocycles. The van der Waals surface area contributed by atoms with Gasteiger partial charge in [-0.15, -0.1) is 0 Å². The Kier molecular flexibility index (Phi) is 3.70. The molecule has 1 fully saturated rings. The molecule has 114 valence electrons. The molecular formula is C19H18BrClO. The number of hydrogen-bond acceptors (Lipinski definition) is 1. The second-order valence-electron chi connectivity index (χ2n) is 6.33. The normalized spacial score (nSPS) is 18.0. The SMILES string of the molecule is CC(c1ccc(C2CC2)cc1)c1cc(Br)c2c(c1Cl)OCC2. The minimum Gasteiger partial charge on any atom is -0.491 e. The quantitative estimate of drug-likeness (QED) is 0.631. The van der Waals surface area contributed by atoms with Crippen molar-refractivity contribution >= 4 is 27.5 Å². The van der Waals surface area contributed by atoms with Crippen LogP contribution in [0.25, 0.3) is 0 Å². The summed E-state index contributed by atoms with van der Waals surface area (Å²) in [5.74, 6) is 1.93. The highest BCUT2D eigenvalue weighted by Gasteiger charge is 2.26. The Bertz CT molecular complexity index is 719. The van der Waals surface area contributed by atoms with Gasteiger partial charge in [-0.25, -0.2) is 0 Å². The van der Waals surface area contributed by atoms with Crippen LogP contribution < -0.4 is 4.74 Å². The fourth-order valence-electron chi connectivity index (χ4n) is 3.27. The van der Waals surface area contributed by atoms with Crippen molar-refractivity contribution in [1.29, 1.82) is 0 Å². The van der Waals surface area contributed by atoms with Crippen molar-refractivity contribution in [2.75, 3.05) is 6.61 Å². The first-order chi connectivity index (χ1) is 10.6. The molecule has 0 saturated heterocycles. The fourth-order valence-corrected chi connectivity index (χ4v) is 4.28. The van der Waals surface area contributed by atoms with Gasteiger partial charge >= 0.3 is 0 Å². The molecule has 0 radical (unpaired) electrons. The first-order valence-electron chi connectivity index (χ1n) is 7.88. The van der Waals surface area contributed by atoms with Gasteiger partial charge in [-0.1, -0.05) is 58.7 Å². The summed E-state index contributed by atoms with van der Waals surface area (Å²) in [6.07, 6.45) is 3.62. The highest BCUT2D eigenvalue weighted by atomic mass is 79.9. The third-order valence-electron chi connectivity index (χ3n) is 4.85. The van der Waals surface area contributed by atoms with Gasteiger partial charge in [-0.2, -0.15) is 0 Å². The molecule has 1 nitrogen and oxygen atoms in total. The predicted molar refractivity (Wildman–Crippen MR) is 94.3 cm³/mol. The first kappa shape index (κ1) is 14.6. The maximum atomic E-state index is 6.62. The minimum atomic E-state index is 0.256. The zero-order valence-electron chi connectivity index (χ0n) is 12.5. The lowest BCUT2D eigenvalue weighted by Crippen LogP contribution is -1.99. The second-order valence-corrected chi connectivity index (χ2v) is 7.56. The van der Waals surface area contributed by atoms with E-state index in [-0.39, 0.29) is 5.92 Å². The van der Waals surface area contributed by atoms with Gasteiger partial charge < -0.3 is 4.74 Å². The molecule has 1 heterocycles. The predicted octanol–water partition coefficient (Wildman–Crippen LogP) is 6.07. The standard InChI is InChI=1S/C19H18BrClO/c1-11(12-2-4-13(5-3-12)14-6-7-14)16-10-17(20)15-8-9-22-19(15)18(16)21/h2-5,10-11,14H,6-9H2,1H3. The summed E-state index contributed by atoms with van der Waals surface area (Å²) in [7, 11) is 0. The van der Waals surface area contributed by atoms with Crippen molar-refractivity contribution in [3.63, 3.8) is 0 Å². The van der Waals surface area contributed by atoms with Crippen LogP contribution in [0.3, 0.4) is 0 Å². The van der Waals surface area contributed by atoms with Crippen molar-refractivity contribution in [3.05, 3.63) is 62.1 Å². The molecule has 2 aliphatic rings. The van der Waals surface area contributed by atoms with E-state index in [1.54, 1.807) is 0 Å². The van der Waals surface area contributed by atoms with E-state index >= 15 is 0 Å². The molecule has 3 heteroatoms. The summed E-state index contributed by atoms with van der Waals surface area (Å²) in [5.41, 5.74) is 5.11. The number of halogens is 2. The molecule has 0 amide bonds. The minimum absolute atomic E-state index is 0.256. The average Bonchev–Trinajstić information content (AvgIpc) is 3.26. The van der Waals surface area contributed by atoms with Gasteiger partial charge in [-0.05, 0) is 41.5 Å². The lowest BCUT2D eigenvalue weighted by atomic mass is 9.91. The van der Waals surface area contributed by atoms with Crippen LogP contribution >= 0.6 is 27.5 Å². The van der Waals surface area contributed by atoms with Crippen LogP contribution in [0.1, 0.15) is 53.9 Å². The molecule has 2 aromatic rings. The molecule has 2 aromatic carbocycles. The topological polar surface area (TPSA) is 9.23 Å². The lowest BCUT2D eigenvalue weighted by Gasteiger charge is -2.17. The largest absolute Gasteiger partial charge is 0.491 e. The Balaban J connectivity index is 1.70. The van der Waals surface area contributed by atoms with Crippen LogP contribution in [0, 0.1) is 0 Å². The maximum Gasteiger partial charge on any atom is 0.142 e. The average molecular weight is 378 g/mol. The Hall–Kier alpha value is -0.990. The molecule has 0 aromatic heterocycles. The molecule has 1 atom stereocenters. The van der Waals surface area contributed by atoms with E-state index in [1.165, 1.54) is 29.5 Å². The van der Waals surface area contributed by atoms with E-state index in [9.17, 15) is 0 Å². The summed E-state index contributed by atoms with van der Waals surface area (Å²) in [6.45, 7) is 2.93. The van der Waals surface area contributed by atoms with Gasteiger partial charge in [0.1, 0.15) is 5.75 Å². The molecule has 22 heavy (non-hydrogen) atoms. The summed E-state index contributed by atoms with van der Waals surface area (Å²) < 4.78 is 6.85. The van der Waals surface area contributed by atoms with E-state index < -0.39 is 0 Å². The number of hydrogen-bond donors (Lipinski definition) is 0. The zero-order valence-corrected chi connectivity index (χ0v) is 14.9. The van der Waals surface area contributed by atoms with E-state index in [0.29, 0.717) is 0 Å². The molecule has 0 spiro atoms. The smallest absolute Gasteiger partial charge is 0.142 e. The van der Waals surface area contributed by atoms with E-state index in [1.807, 2.05) is 0 Å². The molecule has 0 bridgehead atoms. The Morgan fingerprint density at radius 1 is 1.23 bits per heavy atom. The van der Waals surface area contributed by atoms with Gasteiger partial charge in [-0.3, -0.25) is 0 Å². The molecule has 0 N–H and O–H groups in total. The van der Waals surface area contributed by atoms with Crippen LogP contribution in [0.2, 0.25) is 5.02 Å². The van der Waals surface area contributed by atoms with Crippen molar-refractivity contribution in [2.24, 2.45) is 0 Å². The number of fused-ring (bicyclic) bond motifs is 1. The van der Waals surface area contributed by atoms with E-state index in [2.05, 4.69) is 53.2 Å². The molecule has 1 unspecified atom stereocenters. The fraction of sp³-hybridized carbons (Fsp3) is 0.368. The van der Waals surface area contributed by atoms with Gasteiger partial charge in [0, 0.05) is 22.4 Å².